The summed E-state index contributed by atoms with van der Waals surface area (Å²) in [6, 6.07) is 10.0. The number of carbonyl (C=O) groups is 2. The molecule has 0 atom stereocenters. The number of imide groups is 1. The first-order valence-corrected chi connectivity index (χ1v) is 12.1. The first-order chi connectivity index (χ1) is 18.0. The van der Waals surface area contributed by atoms with Crippen molar-refractivity contribution in [1.29, 1.82) is 0 Å². The molecule has 1 saturated carbocycles. The monoisotopic (exact) mass is 504 g/mol. The van der Waals surface area contributed by atoms with Crippen molar-refractivity contribution in [2.24, 2.45) is 0 Å². The Balaban J connectivity index is 1.63. The minimum atomic E-state index is -0.885. The van der Waals surface area contributed by atoms with Crippen molar-refractivity contribution in [3.8, 4) is 11.5 Å². The third-order valence-electron chi connectivity index (χ3n) is 5.92. The van der Waals surface area contributed by atoms with Gasteiger partial charge in [0.2, 0.25) is 0 Å². The maximum atomic E-state index is 14.4. The molecule has 190 valence electrons. The fourth-order valence-electron chi connectivity index (χ4n) is 4.05. The number of halogens is 1. The Morgan fingerprint density at radius 3 is 2.46 bits per heavy atom. The van der Waals surface area contributed by atoms with E-state index in [1.165, 1.54) is 6.07 Å². The van der Waals surface area contributed by atoms with Gasteiger partial charge in [-0.2, -0.15) is 10.00 Å². The van der Waals surface area contributed by atoms with Crippen LogP contribution in [0.15, 0.2) is 48.8 Å². The van der Waals surface area contributed by atoms with Gasteiger partial charge in [-0.3, -0.25) is 0 Å². The fourth-order valence-corrected chi connectivity index (χ4v) is 4.05. The second-order valence-electron chi connectivity index (χ2n) is 8.45. The maximum Gasteiger partial charge on any atom is 0.425 e. The van der Waals surface area contributed by atoms with Gasteiger partial charge in [0.15, 0.2) is 17.3 Å². The van der Waals surface area contributed by atoms with E-state index in [1.807, 2.05) is 6.07 Å². The number of hydrogen-bond donors (Lipinski definition) is 0. The van der Waals surface area contributed by atoms with Crippen molar-refractivity contribution in [1.82, 2.24) is 24.7 Å². The molecule has 0 unspecified atom stereocenters. The van der Waals surface area contributed by atoms with Gasteiger partial charge >= 0.3 is 12.2 Å². The highest BCUT2D eigenvalue weighted by Crippen LogP contribution is 2.44. The molecule has 0 N–H and O–H groups in total. The van der Waals surface area contributed by atoms with Gasteiger partial charge in [0.25, 0.3) is 0 Å². The Morgan fingerprint density at radius 1 is 1.05 bits per heavy atom. The number of fused-ring (bicyclic) bond motifs is 1. The van der Waals surface area contributed by atoms with Crippen LogP contribution < -0.4 is 4.90 Å². The fraction of sp³-hybridized carbons (Fsp3) is 0.308. The summed E-state index contributed by atoms with van der Waals surface area (Å²) >= 11 is 0. The third kappa shape index (κ3) is 4.84. The highest BCUT2D eigenvalue weighted by molar-refractivity contribution is 6.09. The summed E-state index contributed by atoms with van der Waals surface area (Å²) in [5, 5.41) is 5.30. The number of anilines is 1. The maximum absolute atomic E-state index is 14.4. The van der Waals surface area contributed by atoms with Gasteiger partial charge < -0.3 is 9.47 Å². The summed E-state index contributed by atoms with van der Waals surface area (Å²) in [5.74, 6) is 0.0521. The Morgan fingerprint density at radius 2 is 1.78 bits per heavy atom. The third-order valence-corrected chi connectivity index (χ3v) is 5.92. The van der Waals surface area contributed by atoms with Crippen LogP contribution in [-0.4, -0.2) is 50.1 Å². The van der Waals surface area contributed by atoms with Crippen LogP contribution in [-0.2, 0) is 16.0 Å². The lowest BCUT2D eigenvalue weighted by molar-refractivity contribution is 0.140. The van der Waals surface area contributed by atoms with Crippen LogP contribution in [0.1, 0.15) is 43.7 Å². The molecule has 3 aromatic heterocycles. The molecule has 0 saturated heterocycles. The average Bonchev–Trinajstić information content (AvgIpc) is 3.68. The molecule has 1 aliphatic rings. The molecular formula is C26H25FN6O4. The quantitative estimate of drug-likeness (QED) is 0.343. The molecule has 0 aliphatic heterocycles. The van der Waals surface area contributed by atoms with Crippen LogP contribution in [0, 0.1) is 5.82 Å². The Hall–Kier alpha value is -4.41. The lowest BCUT2D eigenvalue weighted by Gasteiger charge is -2.21. The molecule has 1 aliphatic carbocycles. The lowest BCUT2D eigenvalue weighted by Crippen LogP contribution is -2.39. The van der Waals surface area contributed by atoms with E-state index in [-0.39, 0.29) is 43.1 Å². The minimum Gasteiger partial charge on any atom is -0.449 e. The molecular weight excluding hydrogens is 479 g/mol. The average molecular weight is 505 g/mol. The molecule has 0 spiro atoms. The van der Waals surface area contributed by atoms with Gasteiger partial charge in [0.1, 0.15) is 11.5 Å². The minimum absolute atomic E-state index is 0.0716. The summed E-state index contributed by atoms with van der Waals surface area (Å²) in [5.41, 5.74) is 2.00. The van der Waals surface area contributed by atoms with Gasteiger partial charge in [-0.1, -0.05) is 18.2 Å². The van der Waals surface area contributed by atoms with Gasteiger partial charge in [-0.05, 0) is 50.8 Å². The van der Waals surface area contributed by atoms with Crippen LogP contribution in [0.2, 0.25) is 0 Å². The lowest BCUT2D eigenvalue weighted by atomic mass is 10.2. The van der Waals surface area contributed by atoms with E-state index in [1.54, 1.807) is 55.2 Å². The van der Waals surface area contributed by atoms with E-state index < -0.39 is 12.2 Å². The van der Waals surface area contributed by atoms with Crippen molar-refractivity contribution in [3.05, 3.63) is 65.7 Å². The molecule has 0 radical (unpaired) electrons. The molecule has 5 rings (SSSR count). The number of ether oxygens (including phenoxy) is 2. The number of nitrogens with zero attached hydrogens (tertiary/aromatic N) is 6. The number of amides is 2. The zero-order chi connectivity index (χ0) is 25.9. The molecule has 2 amide bonds. The summed E-state index contributed by atoms with van der Waals surface area (Å²) in [6.07, 6.45) is 3.24. The molecule has 37 heavy (non-hydrogen) atoms. The molecule has 1 aromatic carbocycles. The van der Waals surface area contributed by atoms with Crippen molar-refractivity contribution >= 4 is 29.0 Å². The van der Waals surface area contributed by atoms with E-state index in [0.29, 0.717) is 27.9 Å². The predicted octanol–water partition coefficient (Wildman–Crippen LogP) is 5.07. The van der Waals surface area contributed by atoms with Crippen LogP contribution >= 0.6 is 0 Å². The van der Waals surface area contributed by atoms with Crippen molar-refractivity contribution in [2.75, 3.05) is 18.1 Å². The number of aromatic nitrogens is 5. The highest BCUT2D eigenvalue weighted by Gasteiger charge is 2.36. The second-order valence-corrected chi connectivity index (χ2v) is 8.45. The van der Waals surface area contributed by atoms with E-state index in [2.05, 4.69) is 20.1 Å². The summed E-state index contributed by atoms with van der Waals surface area (Å²) < 4.78 is 26.2. The van der Waals surface area contributed by atoms with Gasteiger partial charge in [-0.15, -0.1) is 0 Å². The number of pyridine rings is 1. The van der Waals surface area contributed by atoms with Gasteiger partial charge in [0, 0.05) is 23.5 Å². The number of carbonyl (C=O) groups excluding carboxylic acids is 2. The first kappa shape index (κ1) is 24.3. The van der Waals surface area contributed by atoms with Crippen molar-refractivity contribution < 1.29 is 23.5 Å². The standard InChI is InChI=1S/C26H25FN6O4/c1-3-36-25(34)33(26(35)37-4-2)24-19(16-11-12-16)14-29-22(30-24)21-18-9-7-13-28-23(18)32(31-21)15-17-8-5-6-10-20(17)27/h5-10,13-14,16H,3-4,11-12,15H2,1-2H3. The normalized spacial score (nSPS) is 12.9. The van der Waals surface area contributed by atoms with Crippen molar-refractivity contribution in [2.45, 2.75) is 39.2 Å². The zero-order valence-electron chi connectivity index (χ0n) is 20.4. The van der Waals surface area contributed by atoms with Crippen LogP contribution in [0.3, 0.4) is 0 Å². The highest BCUT2D eigenvalue weighted by atomic mass is 19.1. The molecule has 4 aromatic rings. The molecule has 1 fully saturated rings. The van der Waals surface area contributed by atoms with E-state index in [9.17, 15) is 14.0 Å². The van der Waals surface area contributed by atoms with Gasteiger partial charge in [0.05, 0.1) is 25.1 Å². The van der Waals surface area contributed by atoms with E-state index in [0.717, 1.165) is 17.7 Å². The topological polar surface area (TPSA) is 112 Å². The number of benzene rings is 1. The molecule has 11 heteroatoms. The number of hydrogen-bond acceptors (Lipinski definition) is 8. The van der Waals surface area contributed by atoms with E-state index in [4.69, 9.17) is 9.47 Å². The van der Waals surface area contributed by atoms with E-state index >= 15 is 0 Å². The Bertz CT molecular complexity index is 1450. The van der Waals surface area contributed by atoms with Crippen LogP contribution in [0.25, 0.3) is 22.6 Å². The summed E-state index contributed by atoms with van der Waals surface area (Å²) in [4.78, 5) is 40.1. The first-order valence-electron chi connectivity index (χ1n) is 12.1. The van der Waals surface area contributed by atoms with Crippen LogP contribution in [0.4, 0.5) is 19.8 Å². The number of rotatable bonds is 7. The van der Waals surface area contributed by atoms with Crippen LogP contribution in [0.5, 0.6) is 0 Å². The summed E-state index contributed by atoms with van der Waals surface area (Å²) in [7, 11) is 0. The van der Waals surface area contributed by atoms with Gasteiger partial charge in [-0.25, -0.2) is 33.6 Å². The SMILES string of the molecule is CCOC(=O)N(C(=O)OCC)c1nc(-c2nn(Cc3ccccc3F)c3ncccc23)ncc1C1CC1. The smallest absolute Gasteiger partial charge is 0.425 e. The zero-order valence-corrected chi connectivity index (χ0v) is 20.4. The second kappa shape index (κ2) is 10.3. The summed E-state index contributed by atoms with van der Waals surface area (Å²) in [6.45, 7) is 3.58. The Labute approximate surface area is 212 Å². The van der Waals surface area contributed by atoms with Crippen molar-refractivity contribution in [3.63, 3.8) is 0 Å². The molecule has 0 bridgehead atoms. The predicted molar refractivity (Wildman–Crippen MR) is 133 cm³/mol. The Kier molecular flexibility index (Phi) is 6.76. The molecule has 10 nitrogen and oxygen atoms in total. The largest absolute Gasteiger partial charge is 0.449 e. The molecule has 3 heterocycles.